The van der Waals surface area contributed by atoms with Crippen molar-refractivity contribution >= 4 is 27.5 Å². The van der Waals surface area contributed by atoms with Crippen molar-refractivity contribution in [1.29, 1.82) is 0 Å². The van der Waals surface area contributed by atoms with Crippen LogP contribution in [-0.4, -0.2) is 4.98 Å². The van der Waals surface area contributed by atoms with E-state index in [1.54, 1.807) is 18.3 Å². The van der Waals surface area contributed by atoms with E-state index in [1.165, 1.54) is 0 Å². The molecule has 0 amide bonds. The van der Waals surface area contributed by atoms with Crippen LogP contribution in [0.5, 0.6) is 5.75 Å². The van der Waals surface area contributed by atoms with Crippen LogP contribution in [-0.2, 0) is 6.61 Å². The number of rotatable bonds is 3. The van der Waals surface area contributed by atoms with Crippen LogP contribution in [0.2, 0.25) is 5.15 Å². The maximum Gasteiger partial charge on any atom is 0.138 e. The maximum atomic E-state index is 5.67. The number of aromatic nitrogens is 1. The molecule has 1 aromatic carbocycles. The zero-order valence-electron chi connectivity index (χ0n) is 8.36. The van der Waals surface area contributed by atoms with E-state index in [0.29, 0.717) is 17.5 Å². The molecule has 0 aliphatic rings. The van der Waals surface area contributed by atoms with Crippen LogP contribution in [0.4, 0.5) is 0 Å². The van der Waals surface area contributed by atoms with Crippen molar-refractivity contribution < 1.29 is 4.74 Å². The molecule has 1 heterocycles. The standard InChI is InChI=1S/C12H9BrClNO/c13-10-3-1-9(2-4-10)8-16-11-5-6-12(14)15-7-11/h1-7H,8H2. The number of nitrogens with zero attached hydrogens (tertiary/aromatic N) is 1. The molecule has 2 nitrogen and oxygen atoms in total. The average molecular weight is 299 g/mol. The molecule has 0 bridgehead atoms. The van der Waals surface area contributed by atoms with Crippen molar-refractivity contribution in [3.05, 3.63) is 57.8 Å². The van der Waals surface area contributed by atoms with Crippen LogP contribution in [0.3, 0.4) is 0 Å². The molecule has 82 valence electrons. The lowest BCUT2D eigenvalue weighted by Crippen LogP contribution is -1.95. The Labute approximate surface area is 107 Å². The van der Waals surface area contributed by atoms with E-state index in [0.717, 1.165) is 10.0 Å². The lowest BCUT2D eigenvalue weighted by molar-refractivity contribution is 0.305. The Morgan fingerprint density at radius 2 is 1.88 bits per heavy atom. The zero-order valence-corrected chi connectivity index (χ0v) is 10.7. The van der Waals surface area contributed by atoms with Crippen molar-refractivity contribution in [1.82, 2.24) is 4.98 Å². The lowest BCUT2D eigenvalue weighted by atomic mass is 10.2. The molecule has 1 aromatic heterocycles. The molecule has 0 unspecified atom stereocenters. The van der Waals surface area contributed by atoms with E-state index in [4.69, 9.17) is 16.3 Å². The molecule has 0 atom stereocenters. The Hall–Kier alpha value is -1.06. The van der Waals surface area contributed by atoms with Gasteiger partial charge in [0.25, 0.3) is 0 Å². The first kappa shape index (κ1) is 11.4. The Bertz CT molecular complexity index is 410. The summed E-state index contributed by atoms with van der Waals surface area (Å²) in [6.45, 7) is 0.524. The number of hydrogen-bond acceptors (Lipinski definition) is 2. The molecular formula is C12H9BrClNO. The Balaban J connectivity index is 1.97. The SMILES string of the molecule is Clc1ccc(OCc2ccc(Br)cc2)cn1. The second-order valence-electron chi connectivity index (χ2n) is 3.23. The molecule has 0 aliphatic heterocycles. The quantitative estimate of drug-likeness (QED) is 0.797. The van der Waals surface area contributed by atoms with Gasteiger partial charge in [0.05, 0.1) is 6.20 Å². The molecular weight excluding hydrogens is 289 g/mol. The zero-order chi connectivity index (χ0) is 11.4. The largest absolute Gasteiger partial charge is 0.487 e. The monoisotopic (exact) mass is 297 g/mol. The summed E-state index contributed by atoms with van der Waals surface area (Å²) in [4.78, 5) is 3.94. The van der Waals surface area contributed by atoms with Crippen molar-refractivity contribution in [2.24, 2.45) is 0 Å². The van der Waals surface area contributed by atoms with Crippen LogP contribution in [0, 0.1) is 0 Å². The third kappa shape index (κ3) is 3.22. The molecule has 0 fully saturated rings. The van der Waals surface area contributed by atoms with Gasteiger partial charge >= 0.3 is 0 Å². The van der Waals surface area contributed by atoms with E-state index in [9.17, 15) is 0 Å². The van der Waals surface area contributed by atoms with Crippen LogP contribution < -0.4 is 4.74 Å². The fourth-order valence-corrected chi connectivity index (χ4v) is 1.57. The van der Waals surface area contributed by atoms with Crippen LogP contribution in [0.25, 0.3) is 0 Å². The number of pyridine rings is 1. The summed E-state index contributed by atoms with van der Waals surface area (Å²) >= 11 is 9.06. The second-order valence-corrected chi connectivity index (χ2v) is 4.53. The van der Waals surface area contributed by atoms with Gasteiger partial charge in [0.1, 0.15) is 17.5 Å². The molecule has 0 aliphatic carbocycles. The summed E-state index contributed by atoms with van der Waals surface area (Å²) in [7, 11) is 0. The molecule has 16 heavy (non-hydrogen) atoms. The van der Waals surface area contributed by atoms with Gasteiger partial charge in [-0.3, -0.25) is 0 Å². The van der Waals surface area contributed by atoms with Gasteiger partial charge in [-0.1, -0.05) is 39.7 Å². The lowest BCUT2D eigenvalue weighted by Gasteiger charge is -2.05. The van der Waals surface area contributed by atoms with Crippen LogP contribution in [0.1, 0.15) is 5.56 Å². The molecule has 0 saturated carbocycles. The minimum atomic E-state index is 0.469. The van der Waals surface area contributed by atoms with E-state index in [-0.39, 0.29) is 0 Å². The topological polar surface area (TPSA) is 22.1 Å². The van der Waals surface area contributed by atoms with Crippen molar-refractivity contribution in [2.75, 3.05) is 0 Å². The number of ether oxygens (including phenoxy) is 1. The first-order chi connectivity index (χ1) is 7.74. The third-order valence-corrected chi connectivity index (χ3v) is 2.77. The number of halogens is 2. The average Bonchev–Trinajstić information content (AvgIpc) is 2.30. The van der Waals surface area contributed by atoms with Gasteiger partial charge in [0, 0.05) is 4.47 Å². The fraction of sp³-hybridized carbons (Fsp3) is 0.0833. The molecule has 0 spiro atoms. The van der Waals surface area contributed by atoms with Gasteiger partial charge < -0.3 is 4.74 Å². The van der Waals surface area contributed by atoms with Crippen molar-refractivity contribution in [3.63, 3.8) is 0 Å². The summed E-state index contributed by atoms with van der Waals surface area (Å²) in [5.41, 5.74) is 1.11. The smallest absolute Gasteiger partial charge is 0.138 e. The van der Waals surface area contributed by atoms with Gasteiger partial charge in [0.2, 0.25) is 0 Å². The highest BCUT2D eigenvalue weighted by molar-refractivity contribution is 9.10. The highest BCUT2D eigenvalue weighted by Crippen LogP contribution is 2.15. The van der Waals surface area contributed by atoms with Crippen molar-refractivity contribution in [3.8, 4) is 5.75 Å². The first-order valence-corrected chi connectivity index (χ1v) is 5.90. The predicted octanol–water partition coefficient (Wildman–Crippen LogP) is 4.08. The molecule has 2 aromatic rings. The fourth-order valence-electron chi connectivity index (χ4n) is 1.19. The Morgan fingerprint density at radius 3 is 2.50 bits per heavy atom. The molecule has 0 N–H and O–H groups in total. The Kier molecular flexibility index (Phi) is 3.80. The summed E-state index contributed by atoms with van der Waals surface area (Å²) in [5, 5.41) is 0.469. The summed E-state index contributed by atoms with van der Waals surface area (Å²) in [5.74, 6) is 0.715. The van der Waals surface area contributed by atoms with Gasteiger partial charge in [-0.05, 0) is 29.8 Å². The minimum absolute atomic E-state index is 0.469. The second kappa shape index (κ2) is 5.32. The predicted molar refractivity (Wildman–Crippen MR) is 67.7 cm³/mol. The summed E-state index contributed by atoms with van der Waals surface area (Å²) < 4.78 is 6.61. The third-order valence-electron chi connectivity index (χ3n) is 2.02. The molecule has 0 radical (unpaired) electrons. The summed E-state index contributed by atoms with van der Waals surface area (Å²) in [6.07, 6.45) is 1.61. The van der Waals surface area contributed by atoms with Gasteiger partial charge in [-0.25, -0.2) is 4.98 Å². The normalized spacial score (nSPS) is 10.1. The minimum Gasteiger partial charge on any atom is -0.487 e. The van der Waals surface area contributed by atoms with Crippen molar-refractivity contribution in [2.45, 2.75) is 6.61 Å². The molecule has 0 saturated heterocycles. The van der Waals surface area contributed by atoms with Crippen LogP contribution >= 0.6 is 27.5 Å². The highest BCUT2D eigenvalue weighted by Gasteiger charge is 1.96. The van der Waals surface area contributed by atoms with Gasteiger partial charge in [0.15, 0.2) is 0 Å². The van der Waals surface area contributed by atoms with Gasteiger partial charge in [-0.2, -0.15) is 0 Å². The number of hydrogen-bond donors (Lipinski definition) is 0. The first-order valence-electron chi connectivity index (χ1n) is 4.73. The highest BCUT2D eigenvalue weighted by atomic mass is 79.9. The van der Waals surface area contributed by atoms with E-state index in [1.807, 2.05) is 24.3 Å². The van der Waals surface area contributed by atoms with Gasteiger partial charge in [-0.15, -0.1) is 0 Å². The van der Waals surface area contributed by atoms with Crippen LogP contribution in [0.15, 0.2) is 47.1 Å². The Morgan fingerprint density at radius 1 is 1.12 bits per heavy atom. The maximum absolute atomic E-state index is 5.67. The summed E-state index contributed by atoms with van der Waals surface area (Å²) in [6, 6.07) is 11.5. The van der Waals surface area contributed by atoms with E-state index < -0.39 is 0 Å². The molecule has 4 heteroatoms. The van der Waals surface area contributed by atoms with E-state index in [2.05, 4.69) is 20.9 Å². The number of benzene rings is 1. The van der Waals surface area contributed by atoms with E-state index >= 15 is 0 Å². The molecule has 2 rings (SSSR count).